The van der Waals surface area contributed by atoms with Crippen LogP contribution in [0.3, 0.4) is 0 Å². The van der Waals surface area contributed by atoms with Crippen molar-refractivity contribution in [3.05, 3.63) is 0 Å². The van der Waals surface area contributed by atoms with Gasteiger partial charge in [-0.05, 0) is 12.2 Å². The van der Waals surface area contributed by atoms with Crippen LogP contribution >= 0.6 is 24.0 Å². The molecule has 36 valence electrons. The van der Waals surface area contributed by atoms with Crippen LogP contribution in [-0.4, -0.2) is 16.7 Å². The van der Waals surface area contributed by atoms with Crippen LogP contribution in [0.1, 0.15) is 0 Å². The van der Waals surface area contributed by atoms with E-state index >= 15 is 0 Å². The van der Waals surface area contributed by atoms with E-state index in [9.17, 15) is 0 Å². The molecule has 1 heterocycles. The maximum atomic E-state index is 4.85. The molecule has 0 amide bonds. The van der Waals surface area contributed by atoms with Crippen LogP contribution in [-0.2, 0) is 24.2 Å². The zero-order valence-corrected chi connectivity index (χ0v) is 8.45. The van der Waals surface area contributed by atoms with Gasteiger partial charge in [-0.3, -0.25) is 0 Å². The van der Waals surface area contributed by atoms with Crippen LogP contribution in [0.15, 0.2) is 0 Å². The molecule has 0 radical (unpaired) electrons. The molecule has 1 saturated heterocycles. The fraction of sp³-hybridized carbons (Fsp3) is 0.667. The molecule has 0 unspecified atom stereocenters. The summed E-state index contributed by atoms with van der Waals surface area (Å²) in [5.41, 5.74) is 0. The smallest absolute Gasteiger partial charge is 0.220 e. The van der Waals surface area contributed by atoms with Crippen molar-refractivity contribution in [1.29, 1.82) is 0 Å². The quantitative estimate of drug-likeness (QED) is 0.412. The molecule has 0 aromatic heterocycles. The normalized spacial score (nSPS) is 18.0. The van der Waals surface area contributed by atoms with Crippen molar-refractivity contribution in [2.45, 2.75) is 0 Å². The van der Waals surface area contributed by atoms with Gasteiger partial charge in [0, 0.05) is 25.2 Å². The number of hydrogen-bond acceptors (Lipinski definition) is 3. The van der Waals surface area contributed by atoms with Crippen molar-refractivity contribution in [1.82, 2.24) is 0 Å². The topological polar surface area (TPSA) is 9.23 Å². The Bertz CT molecular complexity index is 67.3. The Kier molecular flexibility index (Phi) is 4.29. The third-order valence-corrected chi connectivity index (χ3v) is 1.72. The minimum Gasteiger partial charge on any atom is -0.478 e. The van der Waals surface area contributed by atoms with Crippen molar-refractivity contribution in [3.63, 3.8) is 0 Å². The first kappa shape index (κ1) is 7.86. The molecule has 4 heteroatoms. The van der Waals surface area contributed by atoms with E-state index in [1.165, 1.54) is 0 Å². The molecule has 1 rings (SSSR count). The molecule has 1 aliphatic rings. The van der Waals surface area contributed by atoms with Gasteiger partial charge in [0.05, 0.1) is 6.61 Å². The van der Waals surface area contributed by atoms with Crippen LogP contribution in [0.4, 0.5) is 0 Å². The summed E-state index contributed by atoms with van der Waals surface area (Å²) in [5.74, 6) is 1.04. The Morgan fingerprint density at radius 2 is 2.43 bits per heavy atom. The molecule has 0 atom stereocenters. The average Bonchev–Trinajstić information content (AvgIpc) is 1.86. The average molecular weight is 186 g/mol. The Labute approximate surface area is 64.9 Å². The first-order chi connectivity index (χ1) is 2.89. The zero-order valence-electron chi connectivity index (χ0n) is 3.85. The van der Waals surface area contributed by atoms with Crippen LogP contribution in [0.2, 0.25) is 0 Å². The molecule has 1 aliphatic heterocycles. The van der Waals surface area contributed by atoms with E-state index in [0.717, 1.165) is 12.4 Å². The molecule has 0 spiro atoms. The number of hydrogen-bond donors (Lipinski definition) is 0. The molecule has 0 aromatic carbocycles. The number of thioether (sulfide) groups is 1. The van der Waals surface area contributed by atoms with Gasteiger partial charge in [-0.15, -0.1) is 0 Å². The third-order valence-electron chi connectivity index (χ3n) is 0.523. The van der Waals surface area contributed by atoms with Gasteiger partial charge in [0.15, 0.2) is 0 Å². The molecule has 0 aromatic rings. The minimum absolute atomic E-state index is 0. The van der Waals surface area contributed by atoms with E-state index in [0.29, 0.717) is 4.38 Å². The van der Waals surface area contributed by atoms with Gasteiger partial charge in [0.2, 0.25) is 4.38 Å². The van der Waals surface area contributed by atoms with Crippen molar-refractivity contribution in [2.75, 3.05) is 12.4 Å². The fourth-order valence-electron chi connectivity index (χ4n) is 0.292. The van der Waals surface area contributed by atoms with Crippen LogP contribution in [0.25, 0.3) is 0 Å². The second-order valence-corrected chi connectivity index (χ2v) is 2.64. The largest absolute Gasteiger partial charge is 0.478 e. The first-order valence-corrected chi connectivity index (χ1v) is 3.08. The molecular formula is C3H4OS2Zn. The summed E-state index contributed by atoms with van der Waals surface area (Å²) in [5, 5.41) is 0. The predicted molar refractivity (Wildman–Crippen MR) is 31.0 cm³/mol. The molecule has 7 heavy (non-hydrogen) atoms. The number of thiocarbonyl (C=S) groups is 1. The standard InChI is InChI=1S/C3H4OS2.Zn/c5-3-4-1-2-6-3;/h1-2H2;. The second-order valence-electron chi connectivity index (χ2n) is 0.947. The van der Waals surface area contributed by atoms with Gasteiger partial charge in [0.1, 0.15) is 0 Å². The summed E-state index contributed by atoms with van der Waals surface area (Å²) in [6, 6.07) is 0. The predicted octanol–water partition coefficient (Wildman–Crippen LogP) is 1.03. The van der Waals surface area contributed by atoms with Crippen molar-refractivity contribution < 1.29 is 24.2 Å². The van der Waals surface area contributed by atoms with E-state index in [4.69, 9.17) is 4.74 Å². The Morgan fingerprint density at radius 1 is 1.71 bits per heavy atom. The summed E-state index contributed by atoms with van der Waals surface area (Å²) in [4.78, 5) is 0. The van der Waals surface area contributed by atoms with Gasteiger partial charge < -0.3 is 4.74 Å². The number of ether oxygens (including phenoxy) is 1. The molecule has 0 saturated carbocycles. The fourth-order valence-corrected chi connectivity index (χ4v) is 1.12. The van der Waals surface area contributed by atoms with E-state index in [-0.39, 0.29) is 19.5 Å². The van der Waals surface area contributed by atoms with Gasteiger partial charge in [-0.1, -0.05) is 11.8 Å². The van der Waals surface area contributed by atoms with E-state index in [1.807, 2.05) is 0 Å². The van der Waals surface area contributed by atoms with Gasteiger partial charge in [-0.25, -0.2) is 0 Å². The van der Waals surface area contributed by atoms with Crippen LogP contribution in [0, 0.1) is 0 Å². The summed E-state index contributed by atoms with van der Waals surface area (Å²) < 4.78 is 5.55. The summed E-state index contributed by atoms with van der Waals surface area (Å²) in [7, 11) is 0. The second kappa shape index (κ2) is 3.82. The van der Waals surface area contributed by atoms with Crippen molar-refractivity contribution in [3.8, 4) is 0 Å². The van der Waals surface area contributed by atoms with Crippen LogP contribution in [0.5, 0.6) is 0 Å². The third kappa shape index (κ3) is 2.63. The summed E-state index contributed by atoms with van der Waals surface area (Å²) in [6.45, 7) is 0.809. The molecule has 0 bridgehead atoms. The Hall–Kier alpha value is 0.863. The van der Waals surface area contributed by atoms with E-state index in [1.54, 1.807) is 11.8 Å². The monoisotopic (exact) mass is 184 g/mol. The van der Waals surface area contributed by atoms with Gasteiger partial charge in [-0.2, -0.15) is 0 Å². The molecule has 0 aliphatic carbocycles. The summed E-state index contributed by atoms with van der Waals surface area (Å²) >= 11 is 6.27. The SMILES string of the molecule is S=C1OCCS1.[Zn]. The Balaban J connectivity index is 0.000000360. The first-order valence-electron chi connectivity index (χ1n) is 1.69. The molecular weight excluding hydrogens is 182 g/mol. The van der Waals surface area contributed by atoms with E-state index in [2.05, 4.69) is 12.2 Å². The summed E-state index contributed by atoms with van der Waals surface area (Å²) in [6.07, 6.45) is 0. The maximum Gasteiger partial charge on any atom is 0.220 e. The maximum absolute atomic E-state index is 4.85. The number of rotatable bonds is 0. The van der Waals surface area contributed by atoms with Crippen molar-refractivity contribution in [2.24, 2.45) is 0 Å². The Morgan fingerprint density at radius 3 is 2.57 bits per heavy atom. The molecule has 1 nitrogen and oxygen atoms in total. The molecule has 0 N–H and O–H groups in total. The zero-order chi connectivity index (χ0) is 4.41. The minimum atomic E-state index is 0. The van der Waals surface area contributed by atoms with E-state index < -0.39 is 0 Å². The molecule has 1 fully saturated rings. The van der Waals surface area contributed by atoms with Gasteiger partial charge in [0.25, 0.3) is 0 Å². The van der Waals surface area contributed by atoms with Crippen LogP contribution < -0.4 is 0 Å². The van der Waals surface area contributed by atoms with Gasteiger partial charge >= 0.3 is 0 Å². The van der Waals surface area contributed by atoms with Crippen molar-refractivity contribution >= 4 is 28.4 Å².